The quantitative estimate of drug-likeness (QED) is 0.861. The number of halogens is 3. The van der Waals surface area contributed by atoms with Gasteiger partial charge in [-0.15, -0.1) is 10.2 Å². The van der Waals surface area contributed by atoms with E-state index in [0.717, 1.165) is 4.90 Å². The molecule has 1 aromatic heterocycles. The third-order valence-electron chi connectivity index (χ3n) is 2.81. The number of rotatable bonds is 4. The molecule has 0 amide bonds. The molecule has 0 spiro atoms. The van der Waals surface area contributed by atoms with E-state index in [1.807, 2.05) is 0 Å². The van der Waals surface area contributed by atoms with E-state index < -0.39 is 12.2 Å². The molecule has 1 atom stereocenters. The lowest BCUT2D eigenvalue weighted by Crippen LogP contribution is -2.35. The van der Waals surface area contributed by atoms with E-state index >= 15 is 0 Å². The van der Waals surface area contributed by atoms with Gasteiger partial charge in [-0.3, -0.25) is 4.90 Å². The van der Waals surface area contributed by atoms with Crippen LogP contribution in [0, 0.1) is 0 Å². The molecule has 0 fully saturated rings. The molecule has 0 bridgehead atoms. The summed E-state index contributed by atoms with van der Waals surface area (Å²) in [6, 6.07) is 6.07. The van der Waals surface area contributed by atoms with Gasteiger partial charge in [-0.25, -0.2) is 0 Å². The molecule has 0 aliphatic heterocycles. The Morgan fingerprint density at radius 1 is 1.25 bits per heavy atom. The molecule has 0 aliphatic carbocycles. The summed E-state index contributed by atoms with van der Waals surface area (Å²) in [6.45, 7) is -0.0348. The minimum atomic E-state index is -4.38. The monoisotopic (exact) mass is 285 g/mol. The fourth-order valence-electron chi connectivity index (χ4n) is 2.03. The van der Waals surface area contributed by atoms with Crippen LogP contribution in [0.2, 0.25) is 0 Å². The highest BCUT2D eigenvalue weighted by atomic mass is 19.4. The Morgan fingerprint density at radius 2 is 1.90 bits per heavy atom. The molecule has 20 heavy (non-hydrogen) atoms. The lowest BCUT2D eigenvalue weighted by Gasteiger charge is -2.29. The van der Waals surface area contributed by atoms with Gasteiger partial charge in [0, 0.05) is 0 Å². The summed E-state index contributed by atoms with van der Waals surface area (Å²) < 4.78 is 39.8. The van der Waals surface area contributed by atoms with Gasteiger partial charge in [0.25, 0.3) is 0 Å². The molecule has 0 radical (unpaired) electrons. The summed E-state index contributed by atoms with van der Waals surface area (Å²) in [5.41, 5.74) is 0.186. The van der Waals surface area contributed by atoms with Crippen LogP contribution in [-0.4, -0.2) is 38.3 Å². The molecular formula is C12H14F3N5. The lowest BCUT2D eigenvalue weighted by molar-refractivity contribution is -0.184. The summed E-state index contributed by atoms with van der Waals surface area (Å²) in [5, 5.41) is 11.2. The average Bonchev–Trinajstić information content (AvgIpc) is 2.74. The number of nitrogens with zero attached hydrogens (tertiary/aromatic N) is 5. The number of aryl methyl sites for hydroxylation is 1. The zero-order valence-electron chi connectivity index (χ0n) is 11.0. The van der Waals surface area contributed by atoms with E-state index in [2.05, 4.69) is 15.4 Å². The fourth-order valence-corrected chi connectivity index (χ4v) is 2.03. The van der Waals surface area contributed by atoms with E-state index in [0.29, 0.717) is 0 Å². The number of aromatic nitrogens is 4. The molecule has 0 unspecified atom stereocenters. The molecular weight excluding hydrogens is 271 g/mol. The average molecular weight is 285 g/mol. The second kappa shape index (κ2) is 5.58. The molecule has 2 aromatic rings. The first-order valence-corrected chi connectivity index (χ1v) is 5.92. The molecule has 1 aromatic carbocycles. The van der Waals surface area contributed by atoms with Crippen molar-refractivity contribution >= 4 is 0 Å². The summed E-state index contributed by atoms with van der Waals surface area (Å²) in [5.74, 6) is 0.250. The van der Waals surface area contributed by atoms with Crippen molar-refractivity contribution in [2.24, 2.45) is 7.05 Å². The van der Waals surface area contributed by atoms with Gasteiger partial charge in [0.15, 0.2) is 5.82 Å². The molecule has 1 heterocycles. The number of hydrogen-bond donors (Lipinski definition) is 0. The zero-order chi connectivity index (χ0) is 14.8. The van der Waals surface area contributed by atoms with E-state index in [4.69, 9.17) is 0 Å². The van der Waals surface area contributed by atoms with E-state index in [1.165, 1.54) is 24.0 Å². The van der Waals surface area contributed by atoms with Crippen LogP contribution in [0.4, 0.5) is 13.2 Å². The smallest absolute Gasteiger partial charge is 0.284 e. The van der Waals surface area contributed by atoms with Gasteiger partial charge in [-0.05, 0) is 17.8 Å². The van der Waals surface area contributed by atoms with Crippen molar-refractivity contribution in [2.45, 2.75) is 18.8 Å². The maximum atomic E-state index is 13.3. The molecule has 8 heteroatoms. The van der Waals surface area contributed by atoms with Gasteiger partial charge in [0.05, 0.1) is 13.6 Å². The van der Waals surface area contributed by atoms with Gasteiger partial charge in [0.1, 0.15) is 6.04 Å². The molecule has 0 saturated carbocycles. The van der Waals surface area contributed by atoms with E-state index in [1.54, 1.807) is 25.2 Å². The fraction of sp³-hybridized carbons (Fsp3) is 0.417. The lowest BCUT2D eigenvalue weighted by atomic mass is 10.1. The van der Waals surface area contributed by atoms with Gasteiger partial charge in [-0.2, -0.15) is 18.0 Å². The summed E-state index contributed by atoms with van der Waals surface area (Å²) in [7, 11) is 2.95. The largest absolute Gasteiger partial charge is 0.408 e. The molecule has 2 rings (SSSR count). The van der Waals surface area contributed by atoms with E-state index in [-0.39, 0.29) is 17.9 Å². The Morgan fingerprint density at radius 3 is 2.40 bits per heavy atom. The van der Waals surface area contributed by atoms with Crippen LogP contribution in [0.25, 0.3) is 0 Å². The Kier molecular flexibility index (Phi) is 4.03. The van der Waals surface area contributed by atoms with E-state index in [9.17, 15) is 13.2 Å². The van der Waals surface area contributed by atoms with Crippen LogP contribution in [0.5, 0.6) is 0 Å². The second-order valence-electron chi connectivity index (χ2n) is 4.47. The van der Waals surface area contributed by atoms with Gasteiger partial charge >= 0.3 is 6.18 Å². The van der Waals surface area contributed by atoms with Crippen molar-refractivity contribution in [1.82, 2.24) is 25.1 Å². The Labute approximate surface area is 114 Å². The molecule has 0 N–H and O–H groups in total. The molecule has 0 saturated heterocycles. The first-order chi connectivity index (χ1) is 9.38. The standard InChI is InChI=1S/C12H14F3N5/c1-19(8-10-16-18-20(2)17-10)11(12(13,14)15)9-6-4-3-5-7-9/h3-7,11H,8H2,1-2H3/t11-/m1/s1. The summed E-state index contributed by atoms with van der Waals surface area (Å²) in [6.07, 6.45) is -4.38. The third-order valence-corrected chi connectivity index (χ3v) is 2.81. The first-order valence-electron chi connectivity index (χ1n) is 5.92. The molecule has 108 valence electrons. The van der Waals surface area contributed by atoms with Crippen LogP contribution >= 0.6 is 0 Å². The Hall–Kier alpha value is -1.96. The van der Waals surface area contributed by atoms with Crippen molar-refractivity contribution in [1.29, 1.82) is 0 Å². The van der Waals surface area contributed by atoms with Gasteiger partial charge in [0.2, 0.25) is 0 Å². The maximum absolute atomic E-state index is 13.3. The number of hydrogen-bond acceptors (Lipinski definition) is 4. The van der Waals surface area contributed by atoms with Crippen LogP contribution in [0.1, 0.15) is 17.4 Å². The maximum Gasteiger partial charge on any atom is 0.408 e. The van der Waals surface area contributed by atoms with Crippen molar-refractivity contribution in [3.05, 3.63) is 41.7 Å². The topological polar surface area (TPSA) is 46.8 Å². The normalized spacial score (nSPS) is 13.7. The van der Waals surface area contributed by atoms with Crippen molar-refractivity contribution < 1.29 is 13.2 Å². The Bertz CT molecular complexity index is 552. The molecule has 0 aliphatic rings. The predicted molar refractivity (Wildman–Crippen MR) is 65.5 cm³/mol. The second-order valence-corrected chi connectivity index (χ2v) is 4.47. The minimum absolute atomic E-state index is 0.0348. The highest BCUT2D eigenvalue weighted by Gasteiger charge is 2.43. The highest BCUT2D eigenvalue weighted by molar-refractivity contribution is 5.20. The summed E-state index contributed by atoms with van der Waals surface area (Å²) >= 11 is 0. The van der Waals surface area contributed by atoms with Crippen molar-refractivity contribution in [3.63, 3.8) is 0 Å². The SMILES string of the molecule is CN(Cc1nnn(C)n1)[C@H](c1ccccc1)C(F)(F)F. The minimum Gasteiger partial charge on any atom is -0.284 e. The van der Waals surface area contributed by atoms with Crippen LogP contribution in [-0.2, 0) is 13.6 Å². The van der Waals surface area contributed by atoms with Crippen molar-refractivity contribution in [3.8, 4) is 0 Å². The number of benzene rings is 1. The Balaban J connectivity index is 2.23. The molecule has 5 nitrogen and oxygen atoms in total. The number of tetrazole rings is 1. The third kappa shape index (κ3) is 3.32. The van der Waals surface area contributed by atoms with Gasteiger partial charge < -0.3 is 0 Å². The summed E-state index contributed by atoms with van der Waals surface area (Å²) in [4.78, 5) is 2.38. The van der Waals surface area contributed by atoms with Crippen LogP contribution < -0.4 is 0 Å². The van der Waals surface area contributed by atoms with Crippen LogP contribution in [0.15, 0.2) is 30.3 Å². The van der Waals surface area contributed by atoms with Crippen LogP contribution in [0.3, 0.4) is 0 Å². The van der Waals surface area contributed by atoms with Crippen molar-refractivity contribution in [2.75, 3.05) is 7.05 Å². The zero-order valence-corrected chi connectivity index (χ0v) is 11.0. The van der Waals surface area contributed by atoms with Gasteiger partial charge in [-0.1, -0.05) is 30.3 Å². The predicted octanol–water partition coefficient (Wildman–Crippen LogP) is 1.95. The highest BCUT2D eigenvalue weighted by Crippen LogP contribution is 2.37. The first kappa shape index (κ1) is 14.4. The number of alkyl halides is 3.